The van der Waals surface area contributed by atoms with Gasteiger partial charge in [0.05, 0.1) is 5.41 Å². The first kappa shape index (κ1) is 11.5. The summed E-state index contributed by atoms with van der Waals surface area (Å²) in [5.74, 6) is -0.757. The van der Waals surface area contributed by atoms with E-state index < -0.39 is 11.4 Å². The van der Waals surface area contributed by atoms with Gasteiger partial charge in [-0.15, -0.1) is 0 Å². The first-order valence-electron chi connectivity index (χ1n) is 2.18. The zero-order valence-corrected chi connectivity index (χ0v) is 4.86. The molecule has 0 aromatic heterocycles. The predicted molar refractivity (Wildman–Crippen MR) is 35.6 cm³/mol. The van der Waals surface area contributed by atoms with Crippen molar-refractivity contribution in [2.75, 3.05) is 0 Å². The molecule has 0 heterocycles. The van der Waals surface area contributed by atoms with E-state index in [1.807, 2.05) is 0 Å². The van der Waals surface area contributed by atoms with Gasteiger partial charge in [0.2, 0.25) is 0 Å². The van der Waals surface area contributed by atoms with Crippen LogP contribution in [0.25, 0.3) is 0 Å². The molecule has 0 aliphatic heterocycles. The molecular weight excluding hydrogens is 132 g/mol. The number of hydrogen-bond acceptors (Lipinski definition) is 1. The summed E-state index contributed by atoms with van der Waals surface area (Å²) < 4.78 is 0. The molecular formula is C5H12CaO2. The second-order valence-corrected chi connectivity index (χ2v) is 2.56. The van der Waals surface area contributed by atoms with Crippen LogP contribution in [0.4, 0.5) is 0 Å². The van der Waals surface area contributed by atoms with Gasteiger partial charge in [-0.25, -0.2) is 0 Å². The summed E-state index contributed by atoms with van der Waals surface area (Å²) in [6.45, 7) is 4.99. The van der Waals surface area contributed by atoms with Crippen LogP contribution >= 0.6 is 0 Å². The molecule has 0 aromatic rings. The third-order valence-corrected chi connectivity index (χ3v) is 0.642. The number of carboxylic acid groups (broad SMARTS) is 1. The summed E-state index contributed by atoms with van der Waals surface area (Å²) in [6, 6.07) is 0. The van der Waals surface area contributed by atoms with Crippen molar-refractivity contribution in [2.45, 2.75) is 20.8 Å². The first-order valence-corrected chi connectivity index (χ1v) is 2.18. The Labute approximate surface area is 79.3 Å². The van der Waals surface area contributed by atoms with E-state index in [2.05, 4.69) is 0 Å². The van der Waals surface area contributed by atoms with Gasteiger partial charge in [0.25, 0.3) is 0 Å². The van der Waals surface area contributed by atoms with Crippen molar-refractivity contribution in [3.8, 4) is 0 Å². The van der Waals surface area contributed by atoms with Gasteiger partial charge >= 0.3 is 43.7 Å². The van der Waals surface area contributed by atoms with Gasteiger partial charge in [0.1, 0.15) is 0 Å². The zero-order valence-electron chi connectivity index (χ0n) is 4.86. The molecule has 2 nitrogen and oxygen atoms in total. The van der Waals surface area contributed by atoms with Crippen molar-refractivity contribution in [1.82, 2.24) is 0 Å². The van der Waals surface area contributed by atoms with E-state index in [1.54, 1.807) is 20.8 Å². The van der Waals surface area contributed by atoms with Crippen molar-refractivity contribution in [3.05, 3.63) is 0 Å². The molecule has 0 atom stereocenters. The van der Waals surface area contributed by atoms with Crippen LogP contribution in [0.15, 0.2) is 0 Å². The maximum absolute atomic E-state index is 10.0. The van der Waals surface area contributed by atoms with E-state index in [-0.39, 0.29) is 37.7 Å². The molecule has 0 amide bonds. The molecule has 0 rings (SSSR count). The Kier molecular flexibility index (Phi) is 5.32. The van der Waals surface area contributed by atoms with Crippen molar-refractivity contribution in [2.24, 2.45) is 5.41 Å². The molecule has 1 N–H and O–H groups in total. The Balaban J connectivity index is 0. The minimum absolute atomic E-state index is 0. The molecule has 0 fully saturated rings. The van der Waals surface area contributed by atoms with Gasteiger partial charge in [-0.05, 0) is 20.8 Å². The van der Waals surface area contributed by atoms with Gasteiger partial charge in [0.15, 0.2) is 0 Å². The molecule has 46 valence electrons. The van der Waals surface area contributed by atoms with Gasteiger partial charge in [-0.2, -0.15) is 0 Å². The molecule has 0 aliphatic carbocycles. The molecule has 3 heteroatoms. The molecule has 0 aromatic carbocycles. The Bertz CT molecular complexity index is 82.9. The Morgan fingerprint density at radius 2 is 1.50 bits per heavy atom. The predicted octanol–water partition coefficient (Wildman–Crippen LogP) is 0.201. The summed E-state index contributed by atoms with van der Waals surface area (Å²) in [7, 11) is 0. The minimum atomic E-state index is -0.757. The summed E-state index contributed by atoms with van der Waals surface area (Å²) in [5, 5.41) is 8.25. The quantitative estimate of drug-likeness (QED) is 0.493. The van der Waals surface area contributed by atoms with Gasteiger partial charge in [-0.1, -0.05) is 0 Å². The molecule has 0 unspecified atom stereocenters. The van der Waals surface area contributed by atoms with Crippen LogP contribution in [0.1, 0.15) is 20.8 Å². The molecule has 0 saturated carbocycles. The number of aliphatic carboxylic acids is 1. The topological polar surface area (TPSA) is 37.3 Å². The summed E-state index contributed by atoms with van der Waals surface area (Å²) >= 11 is 0. The zero-order chi connectivity index (χ0) is 6.08. The molecule has 0 spiro atoms. The third-order valence-electron chi connectivity index (χ3n) is 0.642. The Hall–Kier alpha value is 0.730. The average Bonchev–Trinajstić information content (AvgIpc) is 1.31. The number of rotatable bonds is 0. The van der Waals surface area contributed by atoms with Gasteiger partial charge < -0.3 is 5.11 Å². The van der Waals surface area contributed by atoms with Crippen molar-refractivity contribution < 1.29 is 9.90 Å². The average molecular weight is 144 g/mol. The van der Waals surface area contributed by atoms with Crippen molar-refractivity contribution in [1.29, 1.82) is 0 Å². The maximum atomic E-state index is 10.0. The number of hydrogen-bond donors (Lipinski definition) is 1. The SMILES string of the molecule is CC(C)(C)C(=O)O.[CaH2]. The van der Waals surface area contributed by atoms with E-state index >= 15 is 0 Å². The monoisotopic (exact) mass is 144 g/mol. The molecule has 0 radical (unpaired) electrons. The summed E-state index contributed by atoms with van der Waals surface area (Å²) in [5.41, 5.74) is -0.583. The van der Waals surface area contributed by atoms with Gasteiger partial charge in [-0.3, -0.25) is 4.79 Å². The van der Waals surface area contributed by atoms with E-state index in [0.717, 1.165) is 0 Å². The van der Waals surface area contributed by atoms with Crippen molar-refractivity contribution >= 4 is 43.7 Å². The van der Waals surface area contributed by atoms with E-state index in [1.165, 1.54) is 0 Å². The number of carbonyl (C=O) groups is 1. The van der Waals surface area contributed by atoms with Crippen LogP contribution in [0, 0.1) is 5.41 Å². The second-order valence-electron chi connectivity index (χ2n) is 2.56. The molecule has 8 heavy (non-hydrogen) atoms. The fourth-order valence-electron chi connectivity index (χ4n) is 0. The van der Waals surface area contributed by atoms with Crippen molar-refractivity contribution in [3.63, 3.8) is 0 Å². The molecule has 0 saturated heterocycles. The van der Waals surface area contributed by atoms with Crippen LogP contribution < -0.4 is 0 Å². The van der Waals surface area contributed by atoms with Crippen LogP contribution in [0.2, 0.25) is 0 Å². The Morgan fingerprint density at radius 1 is 1.38 bits per heavy atom. The van der Waals surface area contributed by atoms with E-state index in [0.29, 0.717) is 0 Å². The molecule has 0 bridgehead atoms. The van der Waals surface area contributed by atoms with Crippen LogP contribution in [0.3, 0.4) is 0 Å². The summed E-state index contributed by atoms with van der Waals surface area (Å²) in [4.78, 5) is 10.0. The summed E-state index contributed by atoms with van der Waals surface area (Å²) in [6.07, 6.45) is 0. The fourth-order valence-corrected chi connectivity index (χ4v) is 0. The Morgan fingerprint density at radius 3 is 1.50 bits per heavy atom. The van der Waals surface area contributed by atoms with Gasteiger partial charge in [0, 0.05) is 0 Å². The van der Waals surface area contributed by atoms with Crippen LogP contribution in [0.5, 0.6) is 0 Å². The first-order chi connectivity index (χ1) is 2.94. The number of carboxylic acids is 1. The standard InChI is InChI=1S/C5H10O2.Ca.2H/c1-5(2,3)4(6)7;;;/h1-3H3,(H,6,7);;;. The normalized spacial score (nSPS) is 9.88. The van der Waals surface area contributed by atoms with E-state index in [9.17, 15) is 4.79 Å². The second kappa shape index (κ2) is 3.70. The molecule has 0 aliphatic rings. The van der Waals surface area contributed by atoms with Crippen LogP contribution in [-0.4, -0.2) is 48.8 Å². The fraction of sp³-hybridized carbons (Fsp3) is 0.800. The third kappa shape index (κ3) is 4.88. The van der Waals surface area contributed by atoms with Crippen LogP contribution in [-0.2, 0) is 4.79 Å². The van der Waals surface area contributed by atoms with E-state index in [4.69, 9.17) is 5.11 Å².